The first-order valence-electron chi connectivity index (χ1n) is 8.98. The first kappa shape index (κ1) is 19.9. The highest BCUT2D eigenvalue weighted by atomic mass is 32.2. The highest BCUT2D eigenvalue weighted by Gasteiger charge is 2.14. The quantitative estimate of drug-likeness (QED) is 0.617. The van der Waals surface area contributed by atoms with Crippen molar-refractivity contribution in [2.24, 2.45) is 0 Å². The normalized spacial score (nSPS) is 11.2. The Morgan fingerprint density at radius 3 is 2.18 bits per heavy atom. The van der Waals surface area contributed by atoms with Gasteiger partial charge in [0.05, 0.1) is 18.6 Å². The van der Waals surface area contributed by atoms with E-state index in [1.807, 2.05) is 55.5 Å². The van der Waals surface area contributed by atoms with E-state index in [1.165, 1.54) is 0 Å². The summed E-state index contributed by atoms with van der Waals surface area (Å²) < 4.78 is 38.6. The second-order valence-electron chi connectivity index (χ2n) is 6.13. The molecule has 28 heavy (non-hydrogen) atoms. The lowest BCUT2D eigenvalue weighted by atomic mass is 10.1. The zero-order valence-electron chi connectivity index (χ0n) is 15.9. The molecule has 0 aliphatic heterocycles. The van der Waals surface area contributed by atoms with Gasteiger partial charge in [-0.05, 0) is 47.9 Å². The molecule has 0 aliphatic carbocycles. The molecule has 1 N–H and O–H groups in total. The molecule has 3 aromatic rings. The minimum absolute atomic E-state index is 0.158. The van der Waals surface area contributed by atoms with Crippen molar-refractivity contribution in [2.75, 3.05) is 13.7 Å². The lowest BCUT2D eigenvalue weighted by Gasteiger charge is -2.12. The van der Waals surface area contributed by atoms with Gasteiger partial charge in [0.2, 0.25) is 10.0 Å². The standard InChI is InChI=1S/C22H23NO4S/c1-3-27-21-14-9-17(15-22(21)26-2)16-23-28(24,25)20-12-10-19(11-13-20)18-7-5-4-6-8-18/h4-15,23H,3,16H2,1-2H3. The zero-order valence-corrected chi connectivity index (χ0v) is 16.7. The van der Waals surface area contributed by atoms with Crippen molar-refractivity contribution in [3.8, 4) is 22.6 Å². The van der Waals surface area contributed by atoms with Gasteiger partial charge in [-0.25, -0.2) is 13.1 Å². The van der Waals surface area contributed by atoms with Gasteiger partial charge < -0.3 is 9.47 Å². The van der Waals surface area contributed by atoms with Gasteiger partial charge in [0.25, 0.3) is 0 Å². The van der Waals surface area contributed by atoms with Gasteiger partial charge in [0.15, 0.2) is 11.5 Å². The van der Waals surface area contributed by atoms with Crippen LogP contribution in [-0.4, -0.2) is 22.1 Å². The van der Waals surface area contributed by atoms with E-state index in [1.54, 1.807) is 31.4 Å². The van der Waals surface area contributed by atoms with Gasteiger partial charge in [-0.15, -0.1) is 0 Å². The third kappa shape index (κ3) is 4.71. The summed E-state index contributed by atoms with van der Waals surface area (Å²) in [6.07, 6.45) is 0. The van der Waals surface area contributed by atoms with Crippen molar-refractivity contribution < 1.29 is 17.9 Å². The number of hydrogen-bond donors (Lipinski definition) is 1. The van der Waals surface area contributed by atoms with Crippen molar-refractivity contribution in [3.63, 3.8) is 0 Å². The molecule has 0 amide bonds. The van der Waals surface area contributed by atoms with Gasteiger partial charge in [-0.1, -0.05) is 48.5 Å². The van der Waals surface area contributed by atoms with Crippen molar-refractivity contribution in [3.05, 3.63) is 78.4 Å². The molecule has 0 aromatic heterocycles. The second kappa shape index (κ2) is 8.91. The molecular formula is C22H23NO4S. The van der Waals surface area contributed by atoms with Crippen LogP contribution < -0.4 is 14.2 Å². The third-order valence-corrected chi connectivity index (χ3v) is 5.68. The molecule has 5 nitrogen and oxygen atoms in total. The Morgan fingerprint density at radius 2 is 1.54 bits per heavy atom. The second-order valence-corrected chi connectivity index (χ2v) is 7.90. The number of nitrogens with one attached hydrogen (secondary N) is 1. The van der Waals surface area contributed by atoms with Gasteiger partial charge >= 0.3 is 0 Å². The average Bonchev–Trinajstić information content (AvgIpc) is 2.74. The Kier molecular flexibility index (Phi) is 6.34. The molecule has 3 rings (SSSR count). The summed E-state index contributed by atoms with van der Waals surface area (Å²) in [6, 6.07) is 22.0. The van der Waals surface area contributed by atoms with Gasteiger partial charge in [0.1, 0.15) is 0 Å². The Morgan fingerprint density at radius 1 is 0.857 bits per heavy atom. The van der Waals surface area contributed by atoms with E-state index in [4.69, 9.17) is 9.47 Å². The highest BCUT2D eigenvalue weighted by Crippen LogP contribution is 2.28. The lowest BCUT2D eigenvalue weighted by Crippen LogP contribution is -2.23. The topological polar surface area (TPSA) is 64.6 Å². The van der Waals surface area contributed by atoms with Crippen LogP contribution in [0.4, 0.5) is 0 Å². The fourth-order valence-electron chi connectivity index (χ4n) is 2.82. The molecule has 0 fully saturated rings. The average molecular weight is 397 g/mol. The predicted octanol–water partition coefficient (Wildman–Crippen LogP) is 4.24. The molecule has 6 heteroatoms. The number of methoxy groups -OCH3 is 1. The first-order chi connectivity index (χ1) is 13.5. The molecule has 0 saturated heterocycles. The maximum Gasteiger partial charge on any atom is 0.240 e. The molecule has 0 unspecified atom stereocenters. The molecular weight excluding hydrogens is 374 g/mol. The van der Waals surface area contributed by atoms with Gasteiger partial charge in [-0.3, -0.25) is 0 Å². The summed E-state index contributed by atoms with van der Waals surface area (Å²) in [5.41, 5.74) is 2.79. The van der Waals surface area contributed by atoms with Crippen LogP contribution in [0, 0.1) is 0 Å². The fourth-order valence-corrected chi connectivity index (χ4v) is 3.83. The summed E-state index contributed by atoms with van der Waals surface area (Å²) in [5.74, 6) is 1.21. The number of benzene rings is 3. The summed E-state index contributed by atoms with van der Waals surface area (Å²) in [7, 11) is -2.06. The molecule has 0 saturated carbocycles. The van der Waals surface area contributed by atoms with Crippen LogP contribution in [0.1, 0.15) is 12.5 Å². The molecule has 0 aliphatic rings. The van der Waals surface area contributed by atoms with Crippen molar-refractivity contribution in [1.29, 1.82) is 0 Å². The van der Waals surface area contributed by atoms with Crippen molar-refractivity contribution in [1.82, 2.24) is 4.72 Å². The summed E-state index contributed by atoms with van der Waals surface area (Å²) in [5, 5.41) is 0. The maximum absolute atomic E-state index is 12.6. The summed E-state index contributed by atoms with van der Waals surface area (Å²) >= 11 is 0. The number of ether oxygens (including phenoxy) is 2. The number of sulfonamides is 1. The minimum atomic E-state index is -3.62. The van der Waals surface area contributed by atoms with E-state index >= 15 is 0 Å². The largest absolute Gasteiger partial charge is 0.493 e. The summed E-state index contributed by atoms with van der Waals surface area (Å²) in [4.78, 5) is 0.227. The number of hydrogen-bond acceptors (Lipinski definition) is 4. The number of rotatable bonds is 8. The van der Waals surface area contributed by atoms with Gasteiger partial charge in [0, 0.05) is 6.54 Å². The Hall–Kier alpha value is -2.83. The molecule has 146 valence electrons. The lowest BCUT2D eigenvalue weighted by molar-refractivity contribution is 0.310. The maximum atomic E-state index is 12.6. The molecule has 0 radical (unpaired) electrons. The SMILES string of the molecule is CCOc1ccc(CNS(=O)(=O)c2ccc(-c3ccccc3)cc2)cc1OC. The molecule has 3 aromatic carbocycles. The van der Waals surface area contributed by atoms with Crippen LogP contribution in [0.3, 0.4) is 0 Å². The van der Waals surface area contributed by atoms with Crippen LogP contribution >= 0.6 is 0 Å². The first-order valence-corrected chi connectivity index (χ1v) is 10.5. The Bertz CT molecular complexity index is 1020. The van der Waals surface area contributed by atoms with Crippen molar-refractivity contribution >= 4 is 10.0 Å². The van der Waals surface area contributed by atoms with E-state index < -0.39 is 10.0 Å². The smallest absolute Gasteiger partial charge is 0.240 e. The van der Waals surface area contributed by atoms with E-state index in [2.05, 4.69) is 4.72 Å². The fraction of sp³-hybridized carbons (Fsp3) is 0.182. The van der Waals surface area contributed by atoms with E-state index in [0.29, 0.717) is 18.1 Å². The van der Waals surface area contributed by atoms with Crippen LogP contribution in [0.15, 0.2) is 77.7 Å². The van der Waals surface area contributed by atoms with Crippen molar-refractivity contribution in [2.45, 2.75) is 18.4 Å². The predicted molar refractivity (Wildman–Crippen MR) is 110 cm³/mol. The Balaban J connectivity index is 1.72. The summed E-state index contributed by atoms with van der Waals surface area (Å²) in [6.45, 7) is 2.58. The third-order valence-electron chi connectivity index (χ3n) is 4.27. The van der Waals surface area contributed by atoms with E-state index in [9.17, 15) is 8.42 Å². The Labute approximate surface area is 166 Å². The molecule has 0 heterocycles. The molecule has 0 spiro atoms. The monoisotopic (exact) mass is 397 g/mol. The molecule has 0 bridgehead atoms. The van der Waals surface area contributed by atoms with Crippen LogP contribution in [0.25, 0.3) is 11.1 Å². The highest BCUT2D eigenvalue weighted by molar-refractivity contribution is 7.89. The van der Waals surface area contributed by atoms with Crippen LogP contribution in [-0.2, 0) is 16.6 Å². The van der Waals surface area contributed by atoms with E-state index in [0.717, 1.165) is 16.7 Å². The minimum Gasteiger partial charge on any atom is -0.493 e. The van der Waals surface area contributed by atoms with Crippen LogP contribution in [0.5, 0.6) is 11.5 Å². The van der Waals surface area contributed by atoms with Gasteiger partial charge in [-0.2, -0.15) is 0 Å². The van der Waals surface area contributed by atoms with Crippen LogP contribution in [0.2, 0.25) is 0 Å². The van der Waals surface area contributed by atoms with E-state index in [-0.39, 0.29) is 11.4 Å². The zero-order chi connectivity index (χ0) is 20.0. The molecule has 0 atom stereocenters.